The molecule has 0 radical (unpaired) electrons. The Morgan fingerprint density at radius 1 is 1.24 bits per heavy atom. The molecule has 3 heterocycles. The second-order valence-corrected chi connectivity index (χ2v) is 6.49. The molecule has 0 aliphatic heterocycles. The van der Waals surface area contributed by atoms with Gasteiger partial charge >= 0.3 is 5.84 Å². The van der Waals surface area contributed by atoms with Gasteiger partial charge in [0.25, 0.3) is 0 Å². The van der Waals surface area contributed by atoms with Gasteiger partial charge in [-0.3, -0.25) is 4.79 Å². The maximum atomic E-state index is 9.96. The lowest BCUT2D eigenvalue weighted by Gasteiger charge is -1.99. The Morgan fingerprint density at radius 3 is 2.66 bits per heavy atom. The van der Waals surface area contributed by atoms with E-state index in [9.17, 15) is 4.79 Å². The molecule has 0 saturated carbocycles. The van der Waals surface area contributed by atoms with E-state index in [-0.39, 0.29) is 0 Å². The fourth-order valence-corrected chi connectivity index (χ4v) is 2.73. The van der Waals surface area contributed by atoms with Crippen LogP contribution in [-0.4, -0.2) is 33.1 Å². The summed E-state index contributed by atoms with van der Waals surface area (Å²) in [6.07, 6.45) is 2.73. The van der Waals surface area contributed by atoms with E-state index in [1.165, 1.54) is 13.3 Å². The summed E-state index contributed by atoms with van der Waals surface area (Å²) < 4.78 is 12.0. The van der Waals surface area contributed by atoms with Crippen molar-refractivity contribution in [2.24, 2.45) is 0 Å². The average Bonchev–Trinajstić information content (AvgIpc) is 3.23. The number of amides is 1. The minimum Gasteiger partial charge on any atom is -0.481 e. The molecule has 1 amide bonds. The van der Waals surface area contributed by atoms with Crippen LogP contribution in [0.4, 0.5) is 5.69 Å². The number of hydrogen-bond acceptors (Lipinski definition) is 6. The topological polar surface area (TPSA) is 94.5 Å². The first kappa shape index (κ1) is 20.3. The highest BCUT2D eigenvalue weighted by atomic mass is 35.5. The van der Waals surface area contributed by atoms with Gasteiger partial charge in [0.15, 0.2) is 5.82 Å². The zero-order chi connectivity index (χ0) is 20.8. The number of rotatable bonds is 5. The minimum atomic E-state index is 0.529. The number of aryl methyl sites for hydroxylation is 2. The van der Waals surface area contributed by atoms with Gasteiger partial charge in [0.2, 0.25) is 12.3 Å². The number of halogens is 1. The number of anilines is 1. The van der Waals surface area contributed by atoms with E-state index in [1.807, 2.05) is 38.1 Å². The molecule has 0 aliphatic rings. The van der Waals surface area contributed by atoms with Crippen LogP contribution in [0.2, 0.25) is 5.02 Å². The molecular weight excluding hydrogens is 394 g/mol. The van der Waals surface area contributed by atoms with Crippen LogP contribution < -0.4 is 10.1 Å². The lowest BCUT2D eigenvalue weighted by molar-refractivity contribution is -0.105. The number of nitrogens with one attached hydrogen (secondary N) is 1. The van der Waals surface area contributed by atoms with Crippen LogP contribution >= 0.6 is 11.6 Å². The first-order valence-corrected chi connectivity index (χ1v) is 9.15. The summed E-state index contributed by atoms with van der Waals surface area (Å²) in [6.45, 7) is 3.86. The van der Waals surface area contributed by atoms with Crippen LogP contribution in [0.3, 0.4) is 0 Å². The highest BCUT2D eigenvalue weighted by Gasteiger charge is 2.13. The fraction of sp³-hybridized carbons (Fsp3) is 0.200. The molecule has 8 nitrogen and oxygen atoms in total. The maximum Gasteiger partial charge on any atom is 0.325 e. The summed E-state index contributed by atoms with van der Waals surface area (Å²) >= 11 is 6.12. The fourth-order valence-electron chi connectivity index (χ4n) is 2.52. The summed E-state index contributed by atoms with van der Waals surface area (Å²) in [5.41, 5.74) is 2.64. The molecule has 150 valence electrons. The highest BCUT2D eigenvalue weighted by Crippen LogP contribution is 2.19. The lowest BCUT2D eigenvalue weighted by atomic mass is 10.1. The number of methoxy groups -OCH3 is 1. The number of hydrogen-bond donors (Lipinski definition) is 1. The van der Waals surface area contributed by atoms with Gasteiger partial charge in [-0.1, -0.05) is 29.8 Å². The standard InChI is InChI=1S/C13H12ClN3O.C7H8N2O2/c1-8-9(2)18-13-15-12(16-17(8)13)7-10-5-3-4-6-11(10)14;1-11-7-3-2-6(4-8-7)9-5-10/h3-6H,7H2,1-2H3;2-5H,1H3,(H,9,10). The predicted octanol–water partition coefficient (Wildman–Crippen LogP) is 3.84. The van der Waals surface area contributed by atoms with Gasteiger partial charge in [0.05, 0.1) is 24.7 Å². The molecule has 9 heteroatoms. The normalized spacial score (nSPS) is 10.3. The lowest BCUT2D eigenvalue weighted by Crippen LogP contribution is -1.94. The largest absolute Gasteiger partial charge is 0.481 e. The monoisotopic (exact) mass is 413 g/mol. The molecule has 3 aromatic heterocycles. The number of fused-ring (bicyclic) bond motifs is 1. The minimum absolute atomic E-state index is 0.529. The number of carbonyl (C=O) groups is 1. The van der Waals surface area contributed by atoms with E-state index >= 15 is 0 Å². The maximum absolute atomic E-state index is 9.96. The first-order chi connectivity index (χ1) is 14.0. The van der Waals surface area contributed by atoms with Crippen LogP contribution in [0.1, 0.15) is 22.8 Å². The smallest absolute Gasteiger partial charge is 0.325 e. The molecule has 0 unspecified atom stereocenters. The molecule has 0 saturated heterocycles. The number of oxazole rings is 1. The van der Waals surface area contributed by atoms with Crippen molar-refractivity contribution in [1.82, 2.24) is 19.6 Å². The predicted molar refractivity (Wildman–Crippen MR) is 109 cm³/mol. The first-order valence-electron chi connectivity index (χ1n) is 8.77. The molecule has 0 atom stereocenters. The SMILES string of the molecule is COc1ccc(NC=O)cn1.Cc1oc2nc(Cc3ccccc3Cl)nn2c1C. The van der Waals surface area contributed by atoms with Gasteiger partial charge in [-0.05, 0) is 31.5 Å². The second kappa shape index (κ2) is 9.20. The van der Waals surface area contributed by atoms with E-state index in [0.717, 1.165) is 22.0 Å². The highest BCUT2D eigenvalue weighted by molar-refractivity contribution is 6.31. The molecule has 0 bridgehead atoms. The Morgan fingerprint density at radius 2 is 2.03 bits per heavy atom. The van der Waals surface area contributed by atoms with Crippen LogP contribution in [0, 0.1) is 13.8 Å². The number of carbonyl (C=O) groups excluding carboxylic acids is 1. The molecule has 0 aliphatic carbocycles. The van der Waals surface area contributed by atoms with Gasteiger partial charge < -0.3 is 14.5 Å². The van der Waals surface area contributed by atoms with E-state index in [1.54, 1.807) is 16.6 Å². The van der Waals surface area contributed by atoms with Gasteiger partial charge in [0, 0.05) is 17.5 Å². The molecule has 0 fully saturated rings. The Bertz CT molecular complexity index is 1110. The van der Waals surface area contributed by atoms with Gasteiger partial charge in [-0.15, -0.1) is 5.10 Å². The Balaban J connectivity index is 0.000000188. The van der Waals surface area contributed by atoms with Crippen molar-refractivity contribution in [3.8, 4) is 5.88 Å². The quantitative estimate of drug-likeness (QED) is 0.499. The third-order valence-electron chi connectivity index (χ3n) is 4.17. The van der Waals surface area contributed by atoms with Crippen molar-refractivity contribution < 1.29 is 13.9 Å². The van der Waals surface area contributed by atoms with E-state index in [4.69, 9.17) is 20.8 Å². The van der Waals surface area contributed by atoms with Crippen molar-refractivity contribution in [1.29, 1.82) is 0 Å². The molecule has 29 heavy (non-hydrogen) atoms. The summed E-state index contributed by atoms with van der Waals surface area (Å²) in [7, 11) is 1.54. The molecule has 4 rings (SSSR count). The summed E-state index contributed by atoms with van der Waals surface area (Å²) in [6, 6.07) is 11.1. The van der Waals surface area contributed by atoms with Gasteiger partial charge in [0.1, 0.15) is 5.76 Å². The molecule has 1 N–H and O–H groups in total. The van der Waals surface area contributed by atoms with Crippen LogP contribution in [0.5, 0.6) is 5.88 Å². The Labute approximate surface area is 172 Å². The summed E-state index contributed by atoms with van der Waals surface area (Å²) in [5.74, 6) is 2.62. The van der Waals surface area contributed by atoms with Crippen LogP contribution in [-0.2, 0) is 11.2 Å². The van der Waals surface area contributed by atoms with Crippen molar-refractivity contribution in [2.45, 2.75) is 20.3 Å². The van der Waals surface area contributed by atoms with Crippen LogP contribution in [0.25, 0.3) is 5.84 Å². The number of pyridine rings is 1. The third-order valence-corrected chi connectivity index (χ3v) is 4.54. The average molecular weight is 414 g/mol. The number of ether oxygens (including phenoxy) is 1. The summed E-state index contributed by atoms with van der Waals surface area (Å²) in [4.78, 5) is 18.2. The second-order valence-electron chi connectivity index (χ2n) is 6.09. The van der Waals surface area contributed by atoms with Gasteiger partial charge in [-0.25, -0.2) is 4.98 Å². The Kier molecular flexibility index (Phi) is 6.46. The zero-order valence-electron chi connectivity index (χ0n) is 16.2. The van der Waals surface area contributed by atoms with E-state index in [0.29, 0.717) is 36.1 Å². The van der Waals surface area contributed by atoms with Crippen molar-refractivity contribution in [3.63, 3.8) is 0 Å². The third kappa shape index (κ3) is 4.91. The van der Waals surface area contributed by atoms with Crippen LogP contribution in [0.15, 0.2) is 47.0 Å². The van der Waals surface area contributed by atoms with E-state index in [2.05, 4.69) is 20.4 Å². The number of aromatic nitrogens is 4. The molecule has 0 spiro atoms. The Hall–Kier alpha value is -3.39. The van der Waals surface area contributed by atoms with Crippen molar-refractivity contribution in [3.05, 3.63) is 70.5 Å². The number of nitrogens with zero attached hydrogens (tertiary/aromatic N) is 4. The molecule has 1 aromatic carbocycles. The van der Waals surface area contributed by atoms with Crippen molar-refractivity contribution in [2.75, 3.05) is 12.4 Å². The molecular formula is C20H20ClN5O3. The molecule has 4 aromatic rings. The van der Waals surface area contributed by atoms with Crippen molar-refractivity contribution >= 4 is 29.5 Å². The van der Waals surface area contributed by atoms with E-state index < -0.39 is 0 Å². The summed E-state index contributed by atoms with van der Waals surface area (Å²) in [5, 5.41) is 7.62. The zero-order valence-corrected chi connectivity index (χ0v) is 17.0. The number of benzene rings is 1. The van der Waals surface area contributed by atoms with Gasteiger partial charge in [-0.2, -0.15) is 9.50 Å².